The van der Waals surface area contributed by atoms with Crippen molar-refractivity contribution in [1.82, 2.24) is 9.62 Å². The number of aryl methyl sites for hydroxylation is 2. The van der Waals surface area contributed by atoms with E-state index in [1.807, 2.05) is 26.8 Å². The summed E-state index contributed by atoms with van der Waals surface area (Å²) < 4.78 is 33.6. The average molecular weight is 368 g/mol. The highest BCUT2D eigenvalue weighted by molar-refractivity contribution is 7.89. The summed E-state index contributed by atoms with van der Waals surface area (Å²) in [5.41, 5.74) is 1.68. The zero-order valence-electron chi connectivity index (χ0n) is 15.4. The van der Waals surface area contributed by atoms with Crippen molar-refractivity contribution in [2.75, 3.05) is 26.3 Å². The summed E-state index contributed by atoms with van der Waals surface area (Å²) in [4.78, 5) is 14.7. The van der Waals surface area contributed by atoms with E-state index in [9.17, 15) is 13.2 Å². The monoisotopic (exact) mass is 368 g/mol. The van der Waals surface area contributed by atoms with Crippen LogP contribution in [-0.4, -0.2) is 51.6 Å². The number of carbonyl (C=O) groups excluding carboxylic acids is 1. The second kappa shape index (κ2) is 8.29. The summed E-state index contributed by atoms with van der Waals surface area (Å²) in [6.07, 6.45) is 0.459. The summed E-state index contributed by atoms with van der Waals surface area (Å²) in [7, 11) is -3.76. The zero-order valence-corrected chi connectivity index (χ0v) is 16.2. The number of nitrogens with one attached hydrogen (secondary N) is 1. The van der Waals surface area contributed by atoms with E-state index in [4.69, 9.17) is 4.74 Å². The lowest BCUT2D eigenvalue weighted by atomic mass is 10.0. The maximum atomic E-state index is 12.8. The molecule has 1 heterocycles. The van der Waals surface area contributed by atoms with E-state index in [2.05, 4.69) is 4.72 Å². The van der Waals surface area contributed by atoms with E-state index in [1.54, 1.807) is 24.0 Å². The molecule has 2 rings (SSSR count). The van der Waals surface area contributed by atoms with E-state index in [0.29, 0.717) is 38.3 Å². The lowest BCUT2D eigenvalue weighted by molar-refractivity contribution is -0.137. The maximum Gasteiger partial charge on any atom is 0.241 e. The first-order valence-corrected chi connectivity index (χ1v) is 10.1. The molecule has 1 atom stereocenters. The van der Waals surface area contributed by atoms with Gasteiger partial charge in [0, 0.05) is 13.1 Å². The van der Waals surface area contributed by atoms with Crippen molar-refractivity contribution in [3.63, 3.8) is 0 Å². The maximum absolute atomic E-state index is 12.8. The predicted octanol–water partition coefficient (Wildman–Crippen LogP) is 1.86. The number of rotatable bonds is 6. The second-order valence-electron chi connectivity index (χ2n) is 7.01. The van der Waals surface area contributed by atoms with Crippen molar-refractivity contribution >= 4 is 15.9 Å². The molecule has 0 unspecified atom stereocenters. The number of morpholine rings is 1. The Kier molecular flexibility index (Phi) is 6.59. The lowest BCUT2D eigenvalue weighted by Crippen LogP contribution is -2.52. The number of ether oxygens (including phenoxy) is 1. The molecule has 0 saturated carbocycles. The van der Waals surface area contributed by atoms with Gasteiger partial charge in [-0.2, -0.15) is 4.72 Å². The highest BCUT2D eigenvalue weighted by atomic mass is 32.2. The highest BCUT2D eigenvalue weighted by Gasteiger charge is 2.31. The first-order chi connectivity index (χ1) is 11.7. The Balaban J connectivity index is 2.24. The molecular formula is C18H28N2O4S. The first-order valence-electron chi connectivity index (χ1n) is 8.67. The number of nitrogens with zero attached hydrogens (tertiary/aromatic N) is 1. The fourth-order valence-electron chi connectivity index (χ4n) is 3.03. The van der Waals surface area contributed by atoms with Gasteiger partial charge in [0.25, 0.3) is 0 Å². The Morgan fingerprint density at radius 1 is 1.24 bits per heavy atom. The van der Waals surface area contributed by atoms with Crippen molar-refractivity contribution in [2.24, 2.45) is 5.92 Å². The number of carbonyl (C=O) groups is 1. The Morgan fingerprint density at radius 3 is 2.44 bits per heavy atom. The Bertz CT molecular complexity index is 710. The lowest BCUT2D eigenvalue weighted by Gasteiger charge is -2.31. The molecule has 6 nitrogen and oxygen atoms in total. The molecule has 1 aliphatic heterocycles. The minimum Gasteiger partial charge on any atom is -0.378 e. The zero-order chi connectivity index (χ0) is 18.6. The van der Waals surface area contributed by atoms with Crippen molar-refractivity contribution < 1.29 is 17.9 Å². The van der Waals surface area contributed by atoms with Crippen LogP contribution >= 0.6 is 0 Å². The number of sulfonamides is 1. The van der Waals surface area contributed by atoms with Crippen LogP contribution in [0.1, 0.15) is 31.4 Å². The number of benzene rings is 1. The normalized spacial score (nSPS) is 16.9. The van der Waals surface area contributed by atoms with Gasteiger partial charge in [0.2, 0.25) is 15.9 Å². The van der Waals surface area contributed by atoms with E-state index in [1.165, 1.54) is 0 Å². The minimum atomic E-state index is -3.76. The fourth-order valence-corrected chi connectivity index (χ4v) is 4.46. The number of hydrogen-bond donors (Lipinski definition) is 1. The summed E-state index contributed by atoms with van der Waals surface area (Å²) in [6.45, 7) is 9.62. The SMILES string of the molecule is Cc1ccc(S(=O)(=O)N[C@@H](CC(C)C)C(=O)N2CCOCC2)c(C)c1. The van der Waals surface area contributed by atoms with Gasteiger partial charge in [-0.3, -0.25) is 4.79 Å². The van der Waals surface area contributed by atoms with Gasteiger partial charge in [-0.05, 0) is 37.8 Å². The number of amides is 1. The van der Waals surface area contributed by atoms with Crippen LogP contribution in [0.2, 0.25) is 0 Å². The van der Waals surface area contributed by atoms with Gasteiger partial charge in [-0.25, -0.2) is 8.42 Å². The van der Waals surface area contributed by atoms with Gasteiger partial charge < -0.3 is 9.64 Å². The van der Waals surface area contributed by atoms with Crippen molar-refractivity contribution in [2.45, 2.75) is 45.1 Å². The molecule has 140 valence electrons. The van der Waals surface area contributed by atoms with E-state index in [0.717, 1.165) is 5.56 Å². The third-order valence-corrected chi connectivity index (χ3v) is 5.88. The van der Waals surface area contributed by atoms with Crippen LogP contribution in [0.25, 0.3) is 0 Å². The molecule has 0 aromatic heterocycles. The van der Waals surface area contributed by atoms with Gasteiger partial charge in [-0.15, -0.1) is 0 Å². The van der Waals surface area contributed by atoms with Gasteiger partial charge in [0.1, 0.15) is 6.04 Å². The molecule has 0 radical (unpaired) electrons. The van der Waals surface area contributed by atoms with Crippen LogP contribution in [0.3, 0.4) is 0 Å². The summed E-state index contributed by atoms with van der Waals surface area (Å²) >= 11 is 0. The van der Waals surface area contributed by atoms with Crippen LogP contribution in [0.4, 0.5) is 0 Å². The molecule has 25 heavy (non-hydrogen) atoms. The van der Waals surface area contributed by atoms with E-state index in [-0.39, 0.29) is 16.7 Å². The predicted molar refractivity (Wildman–Crippen MR) is 96.9 cm³/mol. The summed E-state index contributed by atoms with van der Waals surface area (Å²) in [5, 5.41) is 0. The van der Waals surface area contributed by atoms with Crippen LogP contribution in [0.5, 0.6) is 0 Å². The minimum absolute atomic E-state index is 0.176. The van der Waals surface area contributed by atoms with Crippen molar-refractivity contribution in [3.05, 3.63) is 29.3 Å². The number of hydrogen-bond acceptors (Lipinski definition) is 4. The van der Waals surface area contributed by atoms with Crippen LogP contribution < -0.4 is 4.72 Å². The van der Waals surface area contributed by atoms with E-state index < -0.39 is 16.1 Å². The molecule has 1 aromatic rings. The summed E-state index contributed by atoms with van der Waals surface area (Å²) in [6, 6.07) is 4.43. The Labute approximate surface area is 150 Å². The van der Waals surface area contributed by atoms with Crippen LogP contribution in [0.15, 0.2) is 23.1 Å². The first kappa shape index (κ1) is 19.9. The smallest absolute Gasteiger partial charge is 0.241 e. The fraction of sp³-hybridized carbons (Fsp3) is 0.611. The molecular weight excluding hydrogens is 340 g/mol. The van der Waals surface area contributed by atoms with Crippen LogP contribution in [-0.2, 0) is 19.6 Å². The van der Waals surface area contributed by atoms with Gasteiger partial charge in [-0.1, -0.05) is 31.5 Å². The molecule has 1 aromatic carbocycles. The standard InChI is InChI=1S/C18H28N2O4S/c1-13(2)11-16(18(21)20-7-9-24-10-8-20)19-25(22,23)17-6-5-14(3)12-15(17)4/h5-6,12-13,16,19H,7-11H2,1-4H3/t16-/m0/s1. The summed E-state index contributed by atoms with van der Waals surface area (Å²) in [5.74, 6) is 0.0159. The molecule has 7 heteroatoms. The molecule has 1 aliphatic rings. The molecule has 1 N–H and O–H groups in total. The highest BCUT2D eigenvalue weighted by Crippen LogP contribution is 2.19. The van der Waals surface area contributed by atoms with E-state index >= 15 is 0 Å². The van der Waals surface area contributed by atoms with Gasteiger partial charge in [0.05, 0.1) is 18.1 Å². The largest absolute Gasteiger partial charge is 0.378 e. The molecule has 0 spiro atoms. The average Bonchev–Trinajstić information content (AvgIpc) is 2.53. The van der Waals surface area contributed by atoms with Gasteiger partial charge in [0.15, 0.2) is 0 Å². The topological polar surface area (TPSA) is 75.7 Å². The van der Waals surface area contributed by atoms with Gasteiger partial charge >= 0.3 is 0 Å². The third kappa shape index (κ3) is 5.26. The Morgan fingerprint density at radius 2 is 1.88 bits per heavy atom. The molecule has 0 aliphatic carbocycles. The molecule has 1 saturated heterocycles. The third-order valence-electron chi connectivity index (χ3n) is 4.25. The van der Waals surface area contributed by atoms with Crippen molar-refractivity contribution in [3.8, 4) is 0 Å². The molecule has 1 amide bonds. The van der Waals surface area contributed by atoms with Crippen molar-refractivity contribution in [1.29, 1.82) is 0 Å². The second-order valence-corrected chi connectivity index (χ2v) is 8.69. The molecule has 0 bridgehead atoms. The Hall–Kier alpha value is -1.44. The molecule has 1 fully saturated rings. The van der Waals surface area contributed by atoms with Crippen LogP contribution in [0, 0.1) is 19.8 Å². The quantitative estimate of drug-likeness (QED) is 0.831.